The van der Waals surface area contributed by atoms with Crippen LogP contribution < -0.4 is 4.74 Å². The molecule has 2 rings (SSSR count). The van der Waals surface area contributed by atoms with Gasteiger partial charge in [0.05, 0.1) is 0 Å². The molecule has 84 valence electrons. The highest BCUT2D eigenvalue weighted by Crippen LogP contribution is 2.21. The summed E-state index contributed by atoms with van der Waals surface area (Å²) in [5.41, 5.74) is 0.502. The molecule has 0 radical (unpaired) electrons. The molecule has 6 heteroatoms. The standard InChI is InChI=1S/C11H7N3O3/c1-2-7-3-5-8(6-4-7)17-10-9(11(15)16)12-14-13-10/h1,3-6H,(H,15,16)(H,12,13,14). The molecule has 0 bridgehead atoms. The van der Waals surface area contributed by atoms with E-state index < -0.39 is 5.97 Å². The molecule has 0 aliphatic carbocycles. The molecule has 0 atom stereocenters. The van der Waals surface area contributed by atoms with Gasteiger partial charge in [0.25, 0.3) is 5.88 Å². The van der Waals surface area contributed by atoms with Gasteiger partial charge in [0, 0.05) is 5.56 Å². The predicted molar refractivity (Wildman–Crippen MR) is 57.8 cm³/mol. The number of ether oxygens (including phenoxy) is 1. The molecule has 2 aromatic rings. The van der Waals surface area contributed by atoms with Gasteiger partial charge in [-0.1, -0.05) is 16.2 Å². The Morgan fingerprint density at radius 3 is 2.71 bits per heavy atom. The van der Waals surface area contributed by atoms with Crippen LogP contribution in [0.25, 0.3) is 0 Å². The molecule has 0 fully saturated rings. The number of hydrogen-bond donors (Lipinski definition) is 2. The molecule has 0 spiro atoms. The Balaban J connectivity index is 2.23. The molecule has 0 unspecified atom stereocenters. The highest BCUT2D eigenvalue weighted by atomic mass is 16.5. The number of aromatic carboxylic acids is 1. The van der Waals surface area contributed by atoms with Crippen molar-refractivity contribution in [3.8, 4) is 24.0 Å². The lowest BCUT2D eigenvalue weighted by Gasteiger charge is -2.02. The highest BCUT2D eigenvalue weighted by molar-refractivity contribution is 5.87. The largest absolute Gasteiger partial charge is 0.476 e. The molecule has 0 aliphatic heterocycles. The van der Waals surface area contributed by atoms with Crippen molar-refractivity contribution in [3.63, 3.8) is 0 Å². The fourth-order valence-corrected chi connectivity index (χ4v) is 1.16. The van der Waals surface area contributed by atoms with Crippen molar-refractivity contribution in [2.24, 2.45) is 0 Å². The number of hydrogen-bond acceptors (Lipinski definition) is 4. The minimum Gasteiger partial charge on any atom is -0.476 e. The zero-order valence-corrected chi connectivity index (χ0v) is 8.54. The summed E-state index contributed by atoms with van der Waals surface area (Å²) in [5.74, 6) is 1.61. The van der Waals surface area contributed by atoms with Crippen molar-refractivity contribution >= 4 is 5.97 Å². The van der Waals surface area contributed by atoms with E-state index in [1.54, 1.807) is 24.3 Å². The Labute approximate surface area is 96.2 Å². The van der Waals surface area contributed by atoms with Crippen molar-refractivity contribution in [2.45, 2.75) is 0 Å². The van der Waals surface area contributed by atoms with Gasteiger partial charge in [-0.3, -0.25) is 0 Å². The van der Waals surface area contributed by atoms with Gasteiger partial charge in [0.2, 0.25) is 5.69 Å². The van der Waals surface area contributed by atoms with Gasteiger partial charge in [-0.25, -0.2) is 9.89 Å². The fourth-order valence-electron chi connectivity index (χ4n) is 1.16. The number of H-pyrrole nitrogens is 1. The topological polar surface area (TPSA) is 88.1 Å². The number of rotatable bonds is 3. The van der Waals surface area contributed by atoms with E-state index in [1.807, 2.05) is 0 Å². The van der Waals surface area contributed by atoms with Crippen LogP contribution in [0.1, 0.15) is 16.1 Å². The fraction of sp³-hybridized carbons (Fsp3) is 0. The summed E-state index contributed by atoms with van der Waals surface area (Å²) < 4.78 is 5.26. The number of nitrogens with zero attached hydrogens (tertiary/aromatic N) is 2. The SMILES string of the molecule is C#Cc1ccc(Oc2nn[nH]c2C(=O)O)cc1. The first-order valence-corrected chi connectivity index (χ1v) is 4.59. The van der Waals surface area contributed by atoms with E-state index in [9.17, 15) is 4.79 Å². The molecule has 0 aliphatic rings. The van der Waals surface area contributed by atoms with E-state index in [-0.39, 0.29) is 11.6 Å². The molecular weight excluding hydrogens is 222 g/mol. The molecule has 1 heterocycles. The van der Waals surface area contributed by atoms with Crippen LogP contribution >= 0.6 is 0 Å². The third-order valence-corrected chi connectivity index (χ3v) is 1.97. The van der Waals surface area contributed by atoms with Gasteiger partial charge >= 0.3 is 5.97 Å². The van der Waals surface area contributed by atoms with Crippen LogP contribution in [0.5, 0.6) is 11.6 Å². The van der Waals surface area contributed by atoms with Gasteiger partial charge in [-0.05, 0) is 24.3 Å². The third kappa shape index (κ3) is 2.23. The molecular formula is C11H7N3O3. The normalized spacial score (nSPS) is 9.59. The Hall–Kier alpha value is -2.81. The second-order valence-electron chi connectivity index (χ2n) is 3.07. The quantitative estimate of drug-likeness (QED) is 0.774. The van der Waals surface area contributed by atoms with Crippen LogP contribution in [0.4, 0.5) is 0 Å². The monoisotopic (exact) mass is 229 g/mol. The number of aromatic amines is 1. The lowest BCUT2D eigenvalue weighted by atomic mass is 10.2. The van der Waals surface area contributed by atoms with Crippen molar-refractivity contribution in [2.75, 3.05) is 0 Å². The second kappa shape index (κ2) is 4.37. The van der Waals surface area contributed by atoms with Gasteiger partial charge in [-0.2, -0.15) is 0 Å². The van der Waals surface area contributed by atoms with Crippen molar-refractivity contribution in [1.82, 2.24) is 15.4 Å². The number of carbonyl (C=O) groups is 1. The Kier molecular flexibility index (Phi) is 2.75. The predicted octanol–water partition coefficient (Wildman–Crippen LogP) is 1.28. The van der Waals surface area contributed by atoms with E-state index >= 15 is 0 Å². The van der Waals surface area contributed by atoms with Crippen LogP contribution in [0.15, 0.2) is 24.3 Å². The molecule has 2 N–H and O–H groups in total. The van der Waals surface area contributed by atoms with Gasteiger partial charge in [-0.15, -0.1) is 6.42 Å². The molecule has 17 heavy (non-hydrogen) atoms. The van der Waals surface area contributed by atoms with Crippen LogP contribution in [-0.4, -0.2) is 26.5 Å². The minimum atomic E-state index is -1.19. The van der Waals surface area contributed by atoms with Gasteiger partial charge in [0.15, 0.2) is 0 Å². The smallest absolute Gasteiger partial charge is 0.359 e. The summed E-state index contributed by atoms with van der Waals surface area (Å²) in [6.07, 6.45) is 5.20. The summed E-state index contributed by atoms with van der Waals surface area (Å²) in [7, 11) is 0. The summed E-state index contributed by atoms with van der Waals surface area (Å²) in [6.45, 7) is 0. The molecule has 0 amide bonds. The average Bonchev–Trinajstić information content (AvgIpc) is 2.78. The molecule has 1 aromatic heterocycles. The molecule has 6 nitrogen and oxygen atoms in total. The second-order valence-corrected chi connectivity index (χ2v) is 3.07. The van der Waals surface area contributed by atoms with Crippen LogP contribution in [-0.2, 0) is 0 Å². The van der Waals surface area contributed by atoms with E-state index in [1.165, 1.54) is 0 Å². The zero-order chi connectivity index (χ0) is 12.3. The lowest BCUT2D eigenvalue weighted by molar-refractivity contribution is 0.0687. The van der Waals surface area contributed by atoms with Crippen molar-refractivity contribution < 1.29 is 14.6 Å². The summed E-state index contributed by atoms with van der Waals surface area (Å²) in [4.78, 5) is 10.8. The number of aromatic nitrogens is 3. The Morgan fingerprint density at radius 1 is 1.41 bits per heavy atom. The number of carboxylic acids is 1. The maximum Gasteiger partial charge on any atom is 0.359 e. The first-order valence-electron chi connectivity index (χ1n) is 4.59. The Morgan fingerprint density at radius 2 is 2.12 bits per heavy atom. The van der Waals surface area contributed by atoms with E-state index in [0.717, 1.165) is 0 Å². The van der Waals surface area contributed by atoms with E-state index in [2.05, 4.69) is 21.3 Å². The van der Waals surface area contributed by atoms with E-state index in [0.29, 0.717) is 11.3 Å². The first-order chi connectivity index (χ1) is 8.20. The Bertz CT molecular complexity index is 581. The molecule has 0 saturated carbocycles. The lowest BCUT2D eigenvalue weighted by Crippen LogP contribution is -1.99. The average molecular weight is 229 g/mol. The summed E-state index contributed by atoms with van der Waals surface area (Å²) in [6, 6.07) is 6.59. The maximum absolute atomic E-state index is 10.8. The van der Waals surface area contributed by atoms with Gasteiger partial charge in [0.1, 0.15) is 5.75 Å². The summed E-state index contributed by atoms with van der Waals surface area (Å²) in [5, 5.41) is 17.9. The van der Waals surface area contributed by atoms with Gasteiger partial charge < -0.3 is 9.84 Å². The number of benzene rings is 1. The minimum absolute atomic E-state index is 0.0917. The summed E-state index contributed by atoms with van der Waals surface area (Å²) >= 11 is 0. The number of terminal acetylenes is 1. The third-order valence-electron chi connectivity index (χ3n) is 1.97. The highest BCUT2D eigenvalue weighted by Gasteiger charge is 2.16. The number of nitrogens with one attached hydrogen (secondary N) is 1. The molecule has 0 saturated heterocycles. The van der Waals surface area contributed by atoms with Crippen molar-refractivity contribution in [1.29, 1.82) is 0 Å². The van der Waals surface area contributed by atoms with E-state index in [4.69, 9.17) is 16.3 Å². The zero-order valence-electron chi connectivity index (χ0n) is 8.54. The van der Waals surface area contributed by atoms with Crippen LogP contribution in [0.2, 0.25) is 0 Å². The first kappa shape index (κ1) is 10.7. The number of carboxylic acid groups (broad SMARTS) is 1. The van der Waals surface area contributed by atoms with Crippen molar-refractivity contribution in [3.05, 3.63) is 35.5 Å². The van der Waals surface area contributed by atoms with Crippen LogP contribution in [0, 0.1) is 12.3 Å². The van der Waals surface area contributed by atoms with Crippen LogP contribution in [0.3, 0.4) is 0 Å². The molecule has 1 aromatic carbocycles. The maximum atomic E-state index is 10.8.